The molecule has 4 nitrogen and oxygen atoms in total. The van der Waals surface area contributed by atoms with Crippen molar-refractivity contribution in [3.63, 3.8) is 0 Å². The van der Waals surface area contributed by atoms with Gasteiger partial charge >= 0.3 is 0 Å². The standard InChI is InChI=1S/C16H26N2O2/c1-12-9-15(13(2)18(12)4)16(19)10-17(3)7-8-20-11-14-5-6-14/h9,14H,5-8,10-11H2,1-4H3. The summed E-state index contributed by atoms with van der Waals surface area (Å²) in [6, 6.07) is 1.98. The monoisotopic (exact) mass is 278 g/mol. The Morgan fingerprint density at radius 2 is 2.15 bits per heavy atom. The number of ketones is 1. The number of ether oxygens (including phenoxy) is 1. The molecule has 0 N–H and O–H groups in total. The number of hydrogen-bond donors (Lipinski definition) is 0. The molecule has 0 aromatic carbocycles. The molecule has 0 aliphatic heterocycles. The summed E-state index contributed by atoms with van der Waals surface area (Å²) in [6.45, 7) is 6.89. The van der Waals surface area contributed by atoms with Gasteiger partial charge in [0, 0.05) is 37.2 Å². The smallest absolute Gasteiger partial charge is 0.178 e. The molecule has 1 aromatic heterocycles. The first-order chi connectivity index (χ1) is 9.49. The van der Waals surface area contributed by atoms with Crippen molar-refractivity contribution in [2.24, 2.45) is 13.0 Å². The summed E-state index contributed by atoms with van der Waals surface area (Å²) in [7, 11) is 3.97. The highest BCUT2D eigenvalue weighted by Crippen LogP contribution is 2.28. The molecule has 0 unspecified atom stereocenters. The van der Waals surface area contributed by atoms with Crippen LogP contribution in [0.1, 0.15) is 34.6 Å². The van der Waals surface area contributed by atoms with Crippen LogP contribution in [-0.2, 0) is 11.8 Å². The summed E-state index contributed by atoms with van der Waals surface area (Å²) in [5, 5.41) is 0. The van der Waals surface area contributed by atoms with E-state index in [4.69, 9.17) is 4.74 Å². The Balaban J connectivity index is 1.75. The summed E-state index contributed by atoms with van der Waals surface area (Å²) >= 11 is 0. The maximum absolute atomic E-state index is 12.3. The fourth-order valence-electron chi connectivity index (χ4n) is 2.30. The Morgan fingerprint density at radius 1 is 1.45 bits per heavy atom. The van der Waals surface area contributed by atoms with E-state index in [-0.39, 0.29) is 5.78 Å². The predicted octanol–water partition coefficient (Wildman–Crippen LogP) is 2.18. The minimum atomic E-state index is 0.191. The summed E-state index contributed by atoms with van der Waals surface area (Å²) < 4.78 is 7.67. The zero-order chi connectivity index (χ0) is 14.7. The van der Waals surface area contributed by atoms with E-state index in [0.29, 0.717) is 13.2 Å². The van der Waals surface area contributed by atoms with Crippen molar-refractivity contribution in [3.05, 3.63) is 23.0 Å². The van der Waals surface area contributed by atoms with Crippen molar-refractivity contribution >= 4 is 5.78 Å². The number of aromatic nitrogens is 1. The quantitative estimate of drug-likeness (QED) is 0.540. The summed E-state index contributed by atoms with van der Waals surface area (Å²) in [5.41, 5.74) is 3.02. The molecule has 0 bridgehead atoms. The third-order valence-electron chi connectivity index (χ3n) is 4.16. The lowest BCUT2D eigenvalue weighted by molar-refractivity contribution is 0.0860. The van der Waals surface area contributed by atoms with Gasteiger partial charge in [-0.15, -0.1) is 0 Å². The average molecular weight is 278 g/mol. The molecule has 1 aliphatic carbocycles. The maximum Gasteiger partial charge on any atom is 0.178 e. The topological polar surface area (TPSA) is 34.5 Å². The normalized spacial score (nSPS) is 15.1. The predicted molar refractivity (Wildman–Crippen MR) is 80.3 cm³/mol. The number of Topliss-reactive ketones (excluding diaryl/α,β-unsaturated/α-hetero) is 1. The Hall–Kier alpha value is -1.13. The molecule has 20 heavy (non-hydrogen) atoms. The number of aryl methyl sites for hydroxylation is 1. The minimum Gasteiger partial charge on any atom is -0.380 e. The molecule has 4 heteroatoms. The molecule has 0 amide bonds. The van der Waals surface area contributed by atoms with Gasteiger partial charge in [-0.25, -0.2) is 0 Å². The summed E-state index contributed by atoms with van der Waals surface area (Å²) in [6.07, 6.45) is 2.64. The van der Waals surface area contributed by atoms with Gasteiger partial charge in [0.1, 0.15) is 0 Å². The van der Waals surface area contributed by atoms with Gasteiger partial charge in [-0.1, -0.05) is 0 Å². The van der Waals surface area contributed by atoms with Gasteiger partial charge in [0.05, 0.1) is 13.2 Å². The van der Waals surface area contributed by atoms with Crippen LogP contribution in [-0.4, -0.2) is 48.6 Å². The number of likely N-dealkylation sites (N-methyl/N-ethyl adjacent to an activating group) is 1. The highest BCUT2D eigenvalue weighted by molar-refractivity contribution is 5.99. The van der Waals surface area contributed by atoms with Crippen molar-refractivity contribution in [3.8, 4) is 0 Å². The van der Waals surface area contributed by atoms with Crippen LogP contribution < -0.4 is 0 Å². The Bertz CT molecular complexity index is 475. The van der Waals surface area contributed by atoms with E-state index in [0.717, 1.165) is 36.0 Å². The molecule has 2 rings (SSSR count). The highest BCUT2D eigenvalue weighted by atomic mass is 16.5. The molecule has 0 saturated heterocycles. The molecule has 0 spiro atoms. The Labute approximate surface area is 121 Å². The van der Waals surface area contributed by atoms with Gasteiger partial charge in [-0.05, 0) is 45.7 Å². The van der Waals surface area contributed by atoms with Crippen molar-refractivity contribution in [1.29, 1.82) is 0 Å². The second kappa shape index (κ2) is 6.55. The molecule has 1 aromatic rings. The van der Waals surface area contributed by atoms with E-state index in [9.17, 15) is 4.79 Å². The van der Waals surface area contributed by atoms with Crippen molar-refractivity contribution in [2.75, 3.05) is 33.4 Å². The van der Waals surface area contributed by atoms with Crippen LogP contribution in [0, 0.1) is 19.8 Å². The van der Waals surface area contributed by atoms with Gasteiger partial charge < -0.3 is 9.30 Å². The van der Waals surface area contributed by atoms with Crippen LogP contribution in [0.4, 0.5) is 0 Å². The van der Waals surface area contributed by atoms with Gasteiger partial charge in [-0.2, -0.15) is 0 Å². The van der Waals surface area contributed by atoms with Gasteiger partial charge in [0.15, 0.2) is 5.78 Å². The van der Waals surface area contributed by atoms with Crippen LogP contribution in [0.2, 0.25) is 0 Å². The SMILES string of the molecule is Cc1cc(C(=O)CN(C)CCOCC2CC2)c(C)n1C. The molecule has 0 atom stereocenters. The first kappa shape index (κ1) is 15.3. The lowest BCUT2D eigenvalue weighted by Crippen LogP contribution is -2.29. The van der Waals surface area contributed by atoms with E-state index in [1.807, 2.05) is 38.9 Å². The molecular weight excluding hydrogens is 252 g/mol. The van der Waals surface area contributed by atoms with Crippen LogP contribution in [0.25, 0.3) is 0 Å². The molecular formula is C16H26N2O2. The molecule has 1 saturated carbocycles. The molecule has 112 valence electrons. The van der Waals surface area contributed by atoms with Crippen molar-refractivity contribution < 1.29 is 9.53 Å². The lowest BCUT2D eigenvalue weighted by Gasteiger charge is -2.15. The molecule has 1 fully saturated rings. The van der Waals surface area contributed by atoms with Gasteiger partial charge in [-0.3, -0.25) is 9.69 Å². The summed E-state index contributed by atoms with van der Waals surface area (Å²) in [4.78, 5) is 14.3. The van der Waals surface area contributed by atoms with E-state index < -0.39 is 0 Å². The highest BCUT2D eigenvalue weighted by Gasteiger charge is 2.21. The van der Waals surface area contributed by atoms with E-state index >= 15 is 0 Å². The van der Waals surface area contributed by atoms with Crippen LogP contribution in [0.15, 0.2) is 6.07 Å². The largest absolute Gasteiger partial charge is 0.380 e. The number of carbonyl (C=O) groups excluding carboxylic acids is 1. The number of carbonyl (C=O) groups is 1. The van der Waals surface area contributed by atoms with E-state index in [2.05, 4.69) is 4.57 Å². The third kappa shape index (κ3) is 3.93. The van der Waals surface area contributed by atoms with Crippen molar-refractivity contribution in [1.82, 2.24) is 9.47 Å². The van der Waals surface area contributed by atoms with Gasteiger partial charge in [0.25, 0.3) is 0 Å². The fourth-order valence-corrected chi connectivity index (χ4v) is 2.30. The summed E-state index contributed by atoms with van der Waals surface area (Å²) in [5.74, 6) is 0.993. The zero-order valence-corrected chi connectivity index (χ0v) is 13.1. The second-order valence-electron chi connectivity index (χ2n) is 6.02. The van der Waals surface area contributed by atoms with E-state index in [1.165, 1.54) is 12.8 Å². The first-order valence-corrected chi connectivity index (χ1v) is 7.41. The van der Waals surface area contributed by atoms with Crippen molar-refractivity contribution in [2.45, 2.75) is 26.7 Å². The average Bonchev–Trinajstić information content (AvgIpc) is 3.18. The first-order valence-electron chi connectivity index (χ1n) is 7.41. The second-order valence-corrected chi connectivity index (χ2v) is 6.02. The lowest BCUT2D eigenvalue weighted by atomic mass is 10.1. The van der Waals surface area contributed by atoms with Crippen LogP contribution in [0.3, 0.4) is 0 Å². The minimum absolute atomic E-state index is 0.191. The number of hydrogen-bond acceptors (Lipinski definition) is 3. The van der Waals surface area contributed by atoms with Gasteiger partial charge in [0.2, 0.25) is 0 Å². The number of rotatable bonds is 8. The molecule has 0 radical (unpaired) electrons. The number of nitrogens with zero attached hydrogens (tertiary/aromatic N) is 2. The van der Waals surface area contributed by atoms with Crippen LogP contribution in [0.5, 0.6) is 0 Å². The third-order valence-corrected chi connectivity index (χ3v) is 4.16. The van der Waals surface area contributed by atoms with Crippen LogP contribution >= 0.6 is 0 Å². The zero-order valence-electron chi connectivity index (χ0n) is 13.1. The molecule has 1 aliphatic rings. The Kier molecular flexibility index (Phi) is 5.00. The maximum atomic E-state index is 12.3. The van der Waals surface area contributed by atoms with E-state index in [1.54, 1.807) is 0 Å². The molecule has 1 heterocycles. The Morgan fingerprint density at radius 3 is 2.70 bits per heavy atom. The fraction of sp³-hybridized carbons (Fsp3) is 0.688.